The average molecular weight is 546 g/mol. The van der Waals surface area contributed by atoms with Crippen molar-refractivity contribution >= 4 is 22.8 Å². The Morgan fingerprint density at radius 2 is 1.55 bits per heavy atom. The third-order valence-electron chi connectivity index (χ3n) is 7.78. The van der Waals surface area contributed by atoms with Gasteiger partial charge in [-0.25, -0.2) is 18.2 Å². The molecule has 208 valence electrons. The van der Waals surface area contributed by atoms with E-state index in [9.17, 15) is 8.78 Å². The highest BCUT2D eigenvalue weighted by atomic mass is 19.1. The number of anilines is 1. The minimum atomic E-state index is -0.281. The lowest BCUT2D eigenvalue weighted by Crippen LogP contribution is -2.57. The zero-order valence-electron chi connectivity index (χ0n) is 23.1. The molecule has 0 spiro atoms. The normalized spacial score (nSPS) is 18.6. The SMILES string of the molecule is C[C@@H]1CN(c2nc3nncn3c3c2ncn3CCN(C)C)[C@@H](C)CN1C(c1ccc(F)cc1)c1ccc(F)cc1. The number of fused-ring (bicyclic) bond motifs is 3. The van der Waals surface area contributed by atoms with Crippen LogP contribution in [0.25, 0.3) is 16.9 Å². The molecular weight excluding hydrogens is 512 g/mol. The van der Waals surface area contributed by atoms with Crippen LogP contribution in [0.2, 0.25) is 0 Å². The zero-order valence-corrected chi connectivity index (χ0v) is 23.1. The molecule has 0 N–H and O–H groups in total. The maximum absolute atomic E-state index is 13.8. The van der Waals surface area contributed by atoms with Crippen LogP contribution in [-0.4, -0.2) is 84.7 Å². The molecule has 9 nitrogen and oxygen atoms in total. The van der Waals surface area contributed by atoms with Crippen molar-refractivity contribution in [3.05, 3.63) is 83.9 Å². The molecule has 5 aromatic rings. The van der Waals surface area contributed by atoms with Crippen molar-refractivity contribution in [2.45, 2.75) is 38.5 Å². The van der Waals surface area contributed by atoms with Gasteiger partial charge in [-0.3, -0.25) is 4.90 Å². The van der Waals surface area contributed by atoms with Crippen molar-refractivity contribution in [1.82, 2.24) is 38.9 Å². The zero-order chi connectivity index (χ0) is 28.0. The van der Waals surface area contributed by atoms with Crippen molar-refractivity contribution < 1.29 is 8.78 Å². The molecule has 40 heavy (non-hydrogen) atoms. The number of nitrogens with zero attached hydrogens (tertiary/aromatic N) is 9. The Morgan fingerprint density at radius 3 is 2.17 bits per heavy atom. The van der Waals surface area contributed by atoms with Gasteiger partial charge < -0.3 is 14.4 Å². The quantitative estimate of drug-likeness (QED) is 0.306. The molecule has 1 saturated heterocycles. The molecule has 1 aliphatic rings. The number of imidazole rings is 1. The van der Waals surface area contributed by atoms with Gasteiger partial charge in [-0.1, -0.05) is 24.3 Å². The van der Waals surface area contributed by atoms with E-state index in [1.54, 1.807) is 6.33 Å². The third-order valence-corrected chi connectivity index (χ3v) is 7.78. The number of hydrogen-bond acceptors (Lipinski definition) is 7. The van der Waals surface area contributed by atoms with Gasteiger partial charge in [0.1, 0.15) is 23.5 Å². The maximum Gasteiger partial charge on any atom is 0.258 e. The molecule has 0 aliphatic carbocycles. The molecule has 6 rings (SSSR count). The number of halogens is 2. The van der Waals surface area contributed by atoms with Crippen LogP contribution in [0.1, 0.15) is 31.0 Å². The number of aromatic nitrogens is 6. The van der Waals surface area contributed by atoms with Gasteiger partial charge in [-0.05, 0) is 63.3 Å². The van der Waals surface area contributed by atoms with E-state index in [4.69, 9.17) is 9.97 Å². The predicted molar refractivity (Wildman–Crippen MR) is 150 cm³/mol. The Hall–Kier alpha value is -3.96. The van der Waals surface area contributed by atoms with Crippen LogP contribution in [0.3, 0.4) is 0 Å². The molecule has 1 aliphatic heterocycles. The first-order valence-electron chi connectivity index (χ1n) is 13.5. The fraction of sp³-hybridized carbons (Fsp3) is 0.379. The van der Waals surface area contributed by atoms with Crippen LogP contribution in [0, 0.1) is 11.6 Å². The van der Waals surface area contributed by atoms with Crippen LogP contribution in [0.5, 0.6) is 0 Å². The van der Waals surface area contributed by atoms with Gasteiger partial charge in [-0.2, -0.15) is 4.98 Å². The molecule has 0 bridgehead atoms. The van der Waals surface area contributed by atoms with Gasteiger partial charge in [0, 0.05) is 38.3 Å². The van der Waals surface area contributed by atoms with E-state index in [0.717, 1.165) is 41.2 Å². The molecule has 0 unspecified atom stereocenters. The summed E-state index contributed by atoms with van der Waals surface area (Å²) in [5.74, 6) is 0.763. The Labute approximate surface area is 231 Å². The van der Waals surface area contributed by atoms with Crippen LogP contribution >= 0.6 is 0 Å². The maximum atomic E-state index is 13.8. The van der Waals surface area contributed by atoms with Crippen molar-refractivity contribution in [2.75, 3.05) is 38.6 Å². The highest BCUT2D eigenvalue weighted by Crippen LogP contribution is 2.36. The Morgan fingerprint density at radius 1 is 0.900 bits per heavy atom. The summed E-state index contributed by atoms with van der Waals surface area (Å²) in [6, 6.07) is 13.2. The van der Waals surface area contributed by atoms with Gasteiger partial charge in [0.15, 0.2) is 11.5 Å². The Kier molecular flexibility index (Phi) is 6.93. The van der Waals surface area contributed by atoms with Gasteiger partial charge in [0.2, 0.25) is 0 Å². The van der Waals surface area contributed by atoms with E-state index in [2.05, 4.69) is 43.3 Å². The molecule has 4 heterocycles. The highest BCUT2D eigenvalue weighted by Gasteiger charge is 2.36. The molecule has 11 heteroatoms. The number of hydrogen-bond donors (Lipinski definition) is 0. The van der Waals surface area contributed by atoms with Gasteiger partial charge in [0.25, 0.3) is 5.78 Å². The molecule has 0 amide bonds. The average Bonchev–Trinajstić information content (AvgIpc) is 3.58. The molecule has 2 atom stereocenters. The first-order chi connectivity index (χ1) is 19.3. The van der Waals surface area contributed by atoms with Crippen LogP contribution in [-0.2, 0) is 6.54 Å². The third kappa shape index (κ3) is 4.79. The summed E-state index contributed by atoms with van der Waals surface area (Å²) in [5.41, 5.74) is 3.66. The largest absolute Gasteiger partial charge is 0.349 e. The lowest BCUT2D eigenvalue weighted by Gasteiger charge is -2.48. The van der Waals surface area contributed by atoms with E-state index in [-0.39, 0.29) is 29.8 Å². The summed E-state index contributed by atoms with van der Waals surface area (Å²) < 4.78 is 31.7. The summed E-state index contributed by atoms with van der Waals surface area (Å²) in [6.45, 7) is 7.40. The molecule has 0 saturated carbocycles. The van der Waals surface area contributed by atoms with E-state index in [1.165, 1.54) is 24.3 Å². The van der Waals surface area contributed by atoms with Crippen LogP contribution < -0.4 is 4.90 Å². The summed E-state index contributed by atoms with van der Waals surface area (Å²) in [7, 11) is 4.10. The number of likely N-dealkylation sites (N-methyl/N-ethyl adjacent to an activating group) is 1. The fourth-order valence-electron chi connectivity index (χ4n) is 5.73. The molecule has 3 aromatic heterocycles. The van der Waals surface area contributed by atoms with Crippen LogP contribution in [0.15, 0.2) is 61.2 Å². The van der Waals surface area contributed by atoms with Crippen LogP contribution in [0.4, 0.5) is 14.6 Å². The Bertz CT molecular complexity index is 1570. The minimum absolute atomic E-state index is 0.0765. The van der Waals surface area contributed by atoms with Crippen molar-refractivity contribution in [3.8, 4) is 0 Å². The molecule has 2 aromatic carbocycles. The van der Waals surface area contributed by atoms with Gasteiger partial charge >= 0.3 is 0 Å². The topological polar surface area (TPSA) is 70.6 Å². The predicted octanol–water partition coefficient (Wildman–Crippen LogP) is 4.00. The van der Waals surface area contributed by atoms with Crippen molar-refractivity contribution in [2.24, 2.45) is 0 Å². The van der Waals surface area contributed by atoms with E-state index in [1.807, 2.05) is 49.1 Å². The second kappa shape index (κ2) is 10.5. The van der Waals surface area contributed by atoms with Crippen molar-refractivity contribution in [1.29, 1.82) is 0 Å². The van der Waals surface area contributed by atoms with E-state index in [0.29, 0.717) is 18.9 Å². The van der Waals surface area contributed by atoms with Gasteiger partial charge in [-0.15, -0.1) is 10.2 Å². The van der Waals surface area contributed by atoms with Crippen molar-refractivity contribution in [3.63, 3.8) is 0 Å². The smallest absolute Gasteiger partial charge is 0.258 e. The second-order valence-electron chi connectivity index (χ2n) is 10.9. The van der Waals surface area contributed by atoms with E-state index < -0.39 is 0 Å². The molecular formula is C29H33F2N9. The number of rotatable bonds is 7. The standard InChI is InChI=1S/C29H33F2N9/c1-19-16-39(27-25-28(40-18-33-35-29(40)34-27)37(17-32-25)14-13-36(3)4)20(2)15-38(19)26(21-5-9-23(30)10-6-21)22-7-11-24(31)12-8-22/h5-12,17-20,26H,13-16H2,1-4H3/t19-,20+/m1/s1. The fourth-order valence-corrected chi connectivity index (χ4v) is 5.73. The molecule has 0 radical (unpaired) electrons. The summed E-state index contributed by atoms with van der Waals surface area (Å²) in [5, 5.41) is 8.39. The Balaban J connectivity index is 1.37. The summed E-state index contributed by atoms with van der Waals surface area (Å²) in [6.07, 6.45) is 3.55. The highest BCUT2D eigenvalue weighted by molar-refractivity contribution is 5.86. The summed E-state index contributed by atoms with van der Waals surface area (Å²) in [4.78, 5) is 16.6. The van der Waals surface area contributed by atoms with E-state index >= 15 is 0 Å². The lowest BCUT2D eigenvalue weighted by molar-refractivity contribution is 0.129. The van der Waals surface area contributed by atoms with Gasteiger partial charge in [0.05, 0.1) is 12.4 Å². The number of piperazine rings is 1. The molecule has 1 fully saturated rings. The first kappa shape index (κ1) is 26.3. The monoisotopic (exact) mass is 545 g/mol. The summed E-state index contributed by atoms with van der Waals surface area (Å²) >= 11 is 0. The minimum Gasteiger partial charge on any atom is -0.349 e. The lowest BCUT2D eigenvalue weighted by atomic mass is 9.93. The number of benzene rings is 2. The second-order valence-corrected chi connectivity index (χ2v) is 10.9. The first-order valence-corrected chi connectivity index (χ1v) is 13.5.